The molecule has 2 nitrogen and oxygen atoms in total. The van der Waals surface area contributed by atoms with Gasteiger partial charge < -0.3 is 5.73 Å². The Bertz CT molecular complexity index is 182. The lowest BCUT2D eigenvalue weighted by Gasteiger charge is -2.28. The Morgan fingerprint density at radius 3 is 2.85 bits per heavy atom. The molecular weight excluding hydrogens is 228 g/mol. The van der Waals surface area contributed by atoms with Gasteiger partial charge in [0.2, 0.25) is 0 Å². The Morgan fingerprint density at radius 1 is 1.62 bits per heavy atom. The second kappa shape index (κ2) is 5.13. The molecule has 0 aromatic heterocycles. The zero-order valence-electron chi connectivity index (χ0n) is 8.30. The maximum atomic E-state index is 5.73. The molecule has 76 valence electrons. The summed E-state index contributed by atoms with van der Waals surface area (Å²) in [6.07, 6.45) is 3.91. The van der Waals surface area contributed by atoms with Gasteiger partial charge in [-0.15, -0.1) is 0 Å². The van der Waals surface area contributed by atoms with Crippen LogP contribution in [0.1, 0.15) is 19.3 Å². The molecule has 1 aliphatic rings. The summed E-state index contributed by atoms with van der Waals surface area (Å²) in [7, 11) is 2.16. The molecule has 0 spiro atoms. The Hall–Kier alpha value is 0.140. The smallest absolute Gasteiger partial charge is 0.0293 e. The van der Waals surface area contributed by atoms with Gasteiger partial charge in [0.05, 0.1) is 0 Å². The molecule has 1 aliphatic carbocycles. The van der Waals surface area contributed by atoms with Gasteiger partial charge in [0, 0.05) is 17.1 Å². The molecule has 1 saturated carbocycles. The van der Waals surface area contributed by atoms with Crippen molar-refractivity contribution in [1.82, 2.24) is 4.90 Å². The van der Waals surface area contributed by atoms with E-state index in [2.05, 4.69) is 34.5 Å². The van der Waals surface area contributed by atoms with Crippen LogP contribution < -0.4 is 5.73 Å². The summed E-state index contributed by atoms with van der Waals surface area (Å²) in [5.74, 6) is 0.692. The van der Waals surface area contributed by atoms with E-state index >= 15 is 0 Å². The van der Waals surface area contributed by atoms with E-state index in [4.69, 9.17) is 5.73 Å². The molecule has 0 bridgehead atoms. The van der Waals surface area contributed by atoms with Crippen molar-refractivity contribution in [2.45, 2.75) is 25.3 Å². The number of hydrogen-bond donors (Lipinski definition) is 1. The largest absolute Gasteiger partial charge is 0.330 e. The van der Waals surface area contributed by atoms with Crippen LogP contribution in [-0.4, -0.2) is 31.1 Å². The molecule has 0 aromatic carbocycles. The van der Waals surface area contributed by atoms with Gasteiger partial charge in [-0.25, -0.2) is 0 Å². The summed E-state index contributed by atoms with van der Waals surface area (Å²) < 4.78 is 1.05. The second-order valence-corrected chi connectivity index (χ2v) is 5.05. The molecule has 13 heavy (non-hydrogen) atoms. The van der Waals surface area contributed by atoms with E-state index in [0.717, 1.165) is 17.6 Å². The lowest BCUT2D eigenvalue weighted by Crippen LogP contribution is -2.38. The van der Waals surface area contributed by atoms with Crippen molar-refractivity contribution in [2.75, 3.05) is 20.1 Å². The average molecular weight is 247 g/mol. The summed E-state index contributed by atoms with van der Waals surface area (Å²) in [5.41, 5.74) is 5.73. The SMILES string of the molecule is C=C(Br)CN(C)C1CCCC1CN. The molecule has 0 radical (unpaired) electrons. The minimum atomic E-state index is 0.666. The third-order valence-electron chi connectivity index (χ3n) is 2.91. The maximum absolute atomic E-state index is 5.73. The summed E-state index contributed by atoms with van der Waals surface area (Å²) in [6, 6.07) is 0.666. The molecule has 0 saturated heterocycles. The standard InChI is InChI=1S/C10H19BrN2/c1-8(11)7-13(2)10-5-3-4-9(10)6-12/h9-10H,1,3-7,12H2,2H3. The molecule has 1 rings (SSSR count). The van der Waals surface area contributed by atoms with E-state index < -0.39 is 0 Å². The monoisotopic (exact) mass is 246 g/mol. The number of likely N-dealkylation sites (N-methyl/N-ethyl adjacent to an activating group) is 1. The van der Waals surface area contributed by atoms with Gasteiger partial charge in [0.15, 0.2) is 0 Å². The van der Waals surface area contributed by atoms with Crippen LogP contribution in [0.25, 0.3) is 0 Å². The van der Waals surface area contributed by atoms with Crippen LogP contribution in [0.15, 0.2) is 11.1 Å². The molecule has 1 fully saturated rings. The van der Waals surface area contributed by atoms with Crippen molar-refractivity contribution in [3.63, 3.8) is 0 Å². The summed E-state index contributed by atoms with van der Waals surface area (Å²) in [5, 5.41) is 0. The summed E-state index contributed by atoms with van der Waals surface area (Å²) >= 11 is 3.40. The van der Waals surface area contributed by atoms with Gasteiger partial charge in [-0.2, -0.15) is 0 Å². The highest BCUT2D eigenvalue weighted by Gasteiger charge is 2.28. The third kappa shape index (κ3) is 3.08. The zero-order valence-corrected chi connectivity index (χ0v) is 9.89. The Balaban J connectivity index is 2.44. The highest BCUT2D eigenvalue weighted by atomic mass is 79.9. The first-order valence-corrected chi connectivity index (χ1v) is 5.68. The van der Waals surface area contributed by atoms with Crippen molar-refractivity contribution in [2.24, 2.45) is 11.7 Å². The van der Waals surface area contributed by atoms with Crippen molar-refractivity contribution in [3.05, 3.63) is 11.1 Å². The van der Waals surface area contributed by atoms with E-state index in [1.165, 1.54) is 19.3 Å². The van der Waals surface area contributed by atoms with Gasteiger partial charge in [0.25, 0.3) is 0 Å². The van der Waals surface area contributed by atoms with Crippen LogP contribution in [0.3, 0.4) is 0 Å². The van der Waals surface area contributed by atoms with Crippen LogP contribution >= 0.6 is 15.9 Å². The van der Waals surface area contributed by atoms with Crippen molar-refractivity contribution in [3.8, 4) is 0 Å². The lowest BCUT2D eigenvalue weighted by atomic mass is 10.0. The molecule has 0 aliphatic heterocycles. The van der Waals surface area contributed by atoms with Crippen LogP contribution in [-0.2, 0) is 0 Å². The highest BCUT2D eigenvalue weighted by Crippen LogP contribution is 2.28. The van der Waals surface area contributed by atoms with E-state index in [0.29, 0.717) is 12.0 Å². The Labute approximate surface area is 89.3 Å². The second-order valence-electron chi connectivity index (χ2n) is 3.93. The normalized spacial score (nSPS) is 28.3. The third-order valence-corrected chi connectivity index (χ3v) is 3.16. The van der Waals surface area contributed by atoms with Crippen LogP contribution in [0, 0.1) is 5.92 Å². The fourth-order valence-electron chi connectivity index (χ4n) is 2.26. The molecule has 3 heteroatoms. The molecule has 0 aromatic rings. The van der Waals surface area contributed by atoms with Crippen molar-refractivity contribution in [1.29, 1.82) is 0 Å². The van der Waals surface area contributed by atoms with Gasteiger partial charge in [-0.05, 0) is 32.4 Å². The first-order valence-electron chi connectivity index (χ1n) is 4.88. The molecule has 0 heterocycles. The average Bonchev–Trinajstić information content (AvgIpc) is 2.49. The molecular formula is C10H19BrN2. The van der Waals surface area contributed by atoms with Gasteiger partial charge in [-0.1, -0.05) is 28.9 Å². The minimum Gasteiger partial charge on any atom is -0.330 e. The first-order chi connectivity index (χ1) is 6.15. The van der Waals surface area contributed by atoms with Crippen LogP contribution in [0.5, 0.6) is 0 Å². The Kier molecular flexibility index (Phi) is 4.42. The Morgan fingerprint density at radius 2 is 2.31 bits per heavy atom. The number of halogens is 1. The maximum Gasteiger partial charge on any atom is 0.0293 e. The van der Waals surface area contributed by atoms with Crippen molar-refractivity contribution < 1.29 is 0 Å². The molecule has 2 N–H and O–H groups in total. The number of nitrogens with zero attached hydrogens (tertiary/aromatic N) is 1. The van der Waals surface area contributed by atoms with E-state index in [9.17, 15) is 0 Å². The highest BCUT2D eigenvalue weighted by molar-refractivity contribution is 9.11. The van der Waals surface area contributed by atoms with Crippen molar-refractivity contribution >= 4 is 15.9 Å². The number of nitrogens with two attached hydrogens (primary N) is 1. The predicted octanol–water partition coefficient (Wildman–Crippen LogP) is 1.95. The number of rotatable bonds is 4. The minimum absolute atomic E-state index is 0.666. The quantitative estimate of drug-likeness (QED) is 0.822. The lowest BCUT2D eigenvalue weighted by molar-refractivity contribution is 0.219. The molecule has 0 amide bonds. The van der Waals surface area contributed by atoms with Crippen LogP contribution in [0.4, 0.5) is 0 Å². The first kappa shape index (κ1) is 11.2. The van der Waals surface area contributed by atoms with Gasteiger partial charge in [0.1, 0.15) is 0 Å². The van der Waals surface area contributed by atoms with Gasteiger partial charge >= 0.3 is 0 Å². The number of hydrogen-bond acceptors (Lipinski definition) is 2. The topological polar surface area (TPSA) is 29.3 Å². The van der Waals surface area contributed by atoms with E-state index in [1.54, 1.807) is 0 Å². The summed E-state index contributed by atoms with van der Waals surface area (Å²) in [6.45, 7) is 5.62. The molecule has 2 unspecified atom stereocenters. The van der Waals surface area contributed by atoms with Gasteiger partial charge in [-0.3, -0.25) is 4.90 Å². The summed E-state index contributed by atoms with van der Waals surface area (Å²) in [4.78, 5) is 2.36. The fraction of sp³-hybridized carbons (Fsp3) is 0.800. The zero-order chi connectivity index (χ0) is 9.84. The predicted molar refractivity (Wildman–Crippen MR) is 60.9 cm³/mol. The van der Waals surface area contributed by atoms with Crippen LogP contribution in [0.2, 0.25) is 0 Å². The molecule has 2 atom stereocenters. The van der Waals surface area contributed by atoms with E-state index in [-0.39, 0.29) is 0 Å². The fourth-order valence-corrected chi connectivity index (χ4v) is 2.66. The van der Waals surface area contributed by atoms with E-state index in [1.807, 2.05) is 0 Å².